The maximum atomic E-state index is 3.53. The topological polar surface area (TPSA) is 15.3 Å². The molecule has 102 valence electrons. The van der Waals surface area contributed by atoms with E-state index in [2.05, 4.69) is 37.9 Å². The third-order valence-corrected chi connectivity index (χ3v) is 3.63. The first-order valence-electron chi connectivity index (χ1n) is 7.44. The Kier molecular flexibility index (Phi) is 6.50. The van der Waals surface area contributed by atoms with E-state index in [9.17, 15) is 0 Å². The van der Waals surface area contributed by atoms with Crippen molar-refractivity contribution in [2.75, 3.05) is 32.7 Å². The second-order valence-electron chi connectivity index (χ2n) is 6.82. The molecule has 0 amide bonds. The highest BCUT2D eigenvalue weighted by atomic mass is 15.1. The molecule has 0 bridgehead atoms. The smallest absolute Gasteiger partial charge is 0.00218 e. The summed E-state index contributed by atoms with van der Waals surface area (Å²) in [4.78, 5) is 2.68. The summed E-state index contributed by atoms with van der Waals surface area (Å²) < 4.78 is 0. The highest BCUT2D eigenvalue weighted by Gasteiger charge is 2.18. The van der Waals surface area contributed by atoms with Gasteiger partial charge in [-0.1, -0.05) is 27.7 Å². The van der Waals surface area contributed by atoms with Crippen molar-refractivity contribution in [1.82, 2.24) is 10.2 Å². The van der Waals surface area contributed by atoms with Gasteiger partial charge < -0.3 is 10.2 Å². The van der Waals surface area contributed by atoms with Crippen molar-refractivity contribution in [3.63, 3.8) is 0 Å². The van der Waals surface area contributed by atoms with Crippen LogP contribution < -0.4 is 5.32 Å². The second-order valence-corrected chi connectivity index (χ2v) is 6.82. The Morgan fingerprint density at radius 2 is 2.00 bits per heavy atom. The van der Waals surface area contributed by atoms with Gasteiger partial charge >= 0.3 is 0 Å². The molecule has 1 heterocycles. The highest BCUT2D eigenvalue weighted by Crippen LogP contribution is 2.20. The van der Waals surface area contributed by atoms with Crippen molar-refractivity contribution < 1.29 is 0 Å². The highest BCUT2D eigenvalue weighted by molar-refractivity contribution is 4.74. The molecule has 0 aliphatic carbocycles. The monoisotopic (exact) mass is 240 g/mol. The lowest BCUT2D eigenvalue weighted by molar-refractivity contribution is 0.183. The Hall–Kier alpha value is -0.0800. The van der Waals surface area contributed by atoms with E-state index in [1.54, 1.807) is 0 Å². The van der Waals surface area contributed by atoms with E-state index < -0.39 is 0 Å². The van der Waals surface area contributed by atoms with Gasteiger partial charge in [0.2, 0.25) is 0 Å². The van der Waals surface area contributed by atoms with Gasteiger partial charge in [-0.15, -0.1) is 0 Å². The molecule has 0 saturated carbocycles. The lowest BCUT2D eigenvalue weighted by Crippen LogP contribution is -2.39. The van der Waals surface area contributed by atoms with Gasteiger partial charge in [0.15, 0.2) is 0 Å². The SMILES string of the molecule is CCCN(CCC(C)(C)C)CC1CCCNC1. The summed E-state index contributed by atoms with van der Waals surface area (Å²) in [7, 11) is 0. The summed E-state index contributed by atoms with van der Waals surface area (Å²) in [6, 6.07) is 0. The van der Waals surface area contributed by atoms with Gasteiger partial charge in [-0.2, -0.15) is 0 Å². The van der Waals surface area contributed by atoms with Crippen LogP contribution in [0, 0.1) is 11.3 Å². The van der Waals surface area contributed by atoms with E-state index in [4.69, 9.17) is 0 Å². The maximum absolute atomic E-state index is 3.53. The van der Waals surface area contributed by atoms with Crippen LogP contribution in [0.4, 0.5) is 0 Å². The molecule has 17 heavy (non-hydrogen) atoms. The Labute approximate surface area is 108 Å². The molecule has 0 aromatic carbocycles. The Bertz CT molecular complexity index is 190. The van der Waals surface area contributed by atoms with Gasteiger partial charge in [-0.3, -0.25) is 0 Å². The number of hydrogen-bond donors (Lipinski definition) is 1. The molecular weight excluding hydrogens is 208 g/mol. The predicted molar refractivity (Wildman–Crippen MR) is 76.4 cm³/mol. The molecule has 2 heteroatoms. The fourth-order valence-corrected chi connectivity index (χ4v) is 2.55. The van der Waals surface area contributed by atoms with Crippen molar-refractivity contribution in [1.29, 1.82) is 0 Å². The standard InChI is InChI=1S/C15H32N2/c1-5-10-17(11-8-15(2,3)4)13-14-7-6-9-16-12-14/h14,16H,5-13H2,1-4H3. The third kappa shape index (κ3) is 7.05. The van der Waals surface area contributed by atoms with Crippen molar-refractivity contribution in [3.8, 4) is 0 Å². The molecule has 1 rings (SSSR count). The normalized spacial score (nSPS) is 22.1. The van der Waals surface area contributed by atoms with Crippen LogP contribution in [0.5, 0.6) is 0 Å². The molecule has 0 aromatic heterocycles. The summed E-state index contributed by atoms with van der Waals surface area (Å²) in [5.41, 5.74) is 0.469. The minimum absolute atomic E-state index is 0.469. The fourth-order valence-electron chi connectivity index (χ4n) is 2.55. The predicted octanol–water partition coefficient (Wildman–Crippen LogP) is 3.13. The molecule has 0 radical (unpaired) electrons. The minimum Gasteiger partial charge on any atom is -0.316 e. The van der Waals surface area contributed by atoms with Crippen LogP contribution in [0.15, 0.2) is 0 Å². The van der Waals surface area contributed by atoms with Crippen LogP contribution >= 0.6 is 0 Å². The summed E-state index contributed by atoms with van der Waals surface area (Å²) >= 11 is 0. The molecule has 0 spiro atoms. The number of hydrogen-bond acceptors (Lipinski definition) is 2. The van der Waals surface area contributed by atoms with Crippen LogP contribution in [0.2, 0.25) is 0 Å². The molecule has 1 unspecified atom stereocenters. The van der Waals surface area contributed by atoms with Crippen LogP contribution in [0.25, 0.3) is 0 Å². The number of rotatable bonds is 6. The molecule has 1 N–H and O–H groups in total. The van der Waals surface area contributed by atoms with Crippen LogP contribution in [0.3, 0.4) is 0 Å². The minimum atomic E-state index is 0.469. The number of piperidine rings is 1. The molecule has 1 fully saturated rings. The zero-order chi connectivity index (χ0) is 12.7. The quantitative estimate of drug-likeness (QED) is 0.767. The van der Waals surface area contributed by atoms with E-state index in [0.717, 1.165) is 5.92 Å². The first-order valence-corrected chi connectivity index (χ1v) is 7.44. The van der Waals surface area contributed by atoms with Gasteiger partial charge in [0, 0.05) is 6.54 Å². The fraction of sp³-hybridized carbons (Fsp3) is 1.00. The lowest BCUT2D eigenvalue weighted by Gasteiger charge is -2.31. The van der Waals surface area contributed by atoms with Crippen molar-refractivity contribution >= 4 is 0 Å². The van der Waals surface area contributed by atoms with Crippen molar-refractivity contribution in [2.24, 2.45) is 11.3 Å². The number of nitrogens with zero attached hydrogens (tertiary/aromatic N) is 1. The van der Waals surface area contributed by atoms with Crippen LogP contribution in [-0.2, 0) is 0 Å². The summed E-state index contributed by atoms with van der Waals surface area (Å²) in [5, 5.41) is 3.53. The maximum Gasteiger partial charge on any atom is 0.00218 e. The van der Waals surface area contributed by atoms with Crippen molar-refractivity contribution in [3.05, 3.63) is 0 Å². The van der Waals surface area contributed by atoms with Gasteiger partial charge in [-0.05, 0) is 63.2 Å². The first kappa shape index (κ1) is 15.0. The molecule has 1 aliphatic heterocycles. The van der Waals surface area contributed by atoms with Gasteiger partial charge in [-0.25, -0.2) is 0 Å². The summed E-state index contributed by atoms with van der Waals surface area (Å²) in [6.45, 7) is 15.6. The lowest BCUT2D eigenvalue weighted by atomic mass is 9.91. The average Bonchev–Trinajstić information content (AvgIpc) is 2.27. The summed E-state index contributed by atoms with van der Waals surface area (Å²) in [5.74, 6) is 0.885. The van der Waals surface area contributed by atoms with Gasteiger partial charge in [0.1, 0.15) is 0 Å². The van der Waals surface area contributed by atoms with E-state index in [-0.39, 0.29) is 0 Å². The van der Waals surface area contributed by atoms with Gasteiger partial charge in [0.05, 0.1) is 0 Å². The van der Waals surface area contributed by atoms with Gasteiger partial charge in [0.25, 0.3) is 0 Å². The van der Waals surface area contributed by atoms with E-state index in [1.807, 2.05) is 0 Å². The molecule has 0 aromatic rings. The van der Waals surface area contributed by atoms with Crippen LogP contribution in [0.1, 0.15) is 53.4 Å². The average molecular weight is 240 g/mol. The zero-order valence-electron chi connectivity index (χ0n) is 12.4. The second kappa shape index (κ2) is 7.38. The third-order valence-electron chi connectivity index (χ3n) is 3.63. The largest absolute Gasteiger partial charge is 0.316 e. The van der Waals surface area contributed by atoms with E-state index >= 15 is 0 Å². The zero-order valence-corrected chi connectivity index (χ0v) is 12.4. The van der Waals surface area contributed by atoms with E-state index in [0.29, 0.717) is 5.41 Å². The molecule has 1 atom stereocenters. The Balaban J connectivity index is 2.31. The molecular formula is C15H32N2. The number of nitrogens with one attached hydrogen (secondary N) is 1. The molecule has 2 nitrogen and oxygen atoms in total. The van der Waals surface area contributed by atoms with E-state index in [1.165, 1.54) is 58.4 Å². The summed E-state index contributed by atoms with van der Waals surface area (Å²) in [6.07, 6.45) is 5.38. The van der Waals surface area contributed by atoms with Crippen LogP contribution in [-0.4, -0.2) is 37.6 Å². The molecule has 1 aliphatic rings. The Morgan fingerprint density at radius 3 is 2.53 bits per heavy atom. The van der Waals surface area contributed by atoms with Crippen molar-refractivity contribution in [2.45, 2.75) is 53.4 Å². The molecule has 1 saturated heterocycles. The first-order chi connectivity index (χ1) is 8.01. The Morgan fingerprint density at radius 1 is 1.24 bits per heavy atom.